The first kappa shape index (κ1) is 19.7. The maximum atomic E-state index is 6.32. The first-order valence-corrected chi connectivity index (χ1v) is 18.8. The quantitative estimate of drug-likeness (QED) is 0.632. The maximum absolute atomic E-state index is 6.32. The van der Waals surface area contributed by atoms with Crippen molar-refractivity contribution in [3.8, 4) is 0 Å². The van der Waals surface area contributed by atoms with E-state index in [1.54, 1.807) is 0 Å². The minimum absolute atomic E-state index is 0.336. The van der Waals surface area contributed by atoms with Gasteiger partial charge in [-0.2, -0.15) is 0 Å². The minimum Gasteiger partial charge on any atom is -0.437 e. The molecule has 19 heavy (non-hydrogen) atoms. The Morgan fingerprint density at radius 3 is 1.42 bits per heavy atom. The van der Waals surface area contributed by atoms with Gasteiger partial charge in [0.1, 0.15) is 7.11 Å². The van der Waals surface area contributed by atoms with E-state index in [1.165, 1.54) is 0 Å². The average molecular weight is 339 g/mol. The van der Waals surface area contributed by atoms with Crippen LogP contribution < -0.4 is 0 Å². The Hall–Kier alpha value is 0.708. The molecule has 0 bridgehead atoms. The second-order valence-electron chi connectivity index (χ2n) is 7.38. The van der Waals surface area contributed by atoms with Gasteiger partial charge in [-0.3, -0.25) is 0 Å². The van der Waals surface area contributed by atoms with Crippen LogP contribution in [0.25, 0.3) is 0 Å². The monoisotopic (exact) mass is 338 g/mol. The summed E-state index contributed by atoms with van der Waals surface area (Å²) < 4.78 is 23.6. The van der Waals surface area contributed by atoms with Gasteiger partial charge in [0.05, 0.1) is 6.23 Å². The van der Waals surface area contributed by atoms with Gasteiger partial charge < -0.3 is 17.1 Å². The number of rotatable bonds is 8. The van der Waals surface area contributed by atoms with Crippen LogP contribution in [0, 0.1) is 7.11 Å². The lowest BCUT2D eigenvalue weighted by Crippen LogP contribution is -2.59. The summed E-state index contributed by atoms with van der Waals surface area (Å²) in [6, 6.07) is 0. The average Bonchev–Trinajstić information content (AvgIpc) is 1.90. The van der Waals surface area contributed by atoms with Gasteiger partial charge in [-0.05, 0) is 58.9 Å². The fraction of sp³-hybridized carbons (Fsp3) is 0.909. The van der Waals surface area contributed by atoms with Gasteiger partial charge in [-0.15, -0.1) is 0 Å². The largest absolute Gasteiger partial charge is 0.437 e. The molecule has 0 aliphatic carbocycles. The van der Waals surface area contributed by atoms with E-state index in [0.29, 0.717) is 6.23 Å². The van der Waals surface area contributed by atoms with Crippen LogP contribution in [0.4, 0.5) is 0 Å². The zero-order valence-electron chi connectivity index (χ0n) is 13.9. The molecule has 0 fully saturated rings. The highest BCUT2D eigenvalue weighted by atomic mass is 28.5. The van der Waals surface area contributed by atoms with Gasteiger partial charge in [0.15, 0.2) is 16.6 Å². The Kier molecular flexibility index (Phi) is 6.89. The lowest BCUT2D eigenvalue weighted by atomic mass is 11.5. The molecule has 0 N–H and O–H groups in total. The number of ether oxygens (including phenoxy) is 1. The number of hydrogen-bond donors (Lipinski definition) is 0. The minimum atomic E-state index is -2.45. The highest BCUT2D eigenvalue weighted by molar-refractivity contribution is 6.89. The first-order chi connectivity index (χ1) is 8.18. The molecule has 8 heteroatoms. The zero-order chi connectivity index (χ0) is 15.5. The summed E-state index contributed by atoms with van der Waals surface area (Å²) in [5.74, 6) is 0. The van der Waals surface area contributed by atoms with E-state index >= 15 is 0 Å². The molecule has 114 valence electrons. The van der Waals surface area contributed by atoms with Crippen molar-refractivity contribution < 1.29 is 17.1 Å². The molecule has 4 nitrogen and oxygen atoms in total. The fourth-order valence-electron chi connectivity index (χ4n) is 2.16. The topological polar surface area (TPSA) is 36.9 Å². The van der Waals surface area contributed by atoms with Crippen molar-refractivity contribution in [3.63, 3.8) is 0 Å². The summed E-state index contributed by atoms with van der Waals surface area (Å²) in [5, 5.41) is 0. The first-order valence-electron chi connectivity index (χ1n) is 6.60. The molecule has 1 atom stereocenters. The van der Waals surface area contributed by atoms with Crippen LogP contribution in [0.3, 0.4) is 0 Å². The molecule has 0 aliphatic heterocycles. The Balaban J connectivity index is 4.91. The van der Waals surface area contributed by atoms with Gasteiger partial charge >= 0.3 is 17.1 Å². The molecule has 0 aromatic rings. The van der Waals surface area contributed by atoms with Crippen LogP contribution in [0.15, 0.2) is 0 Å². The molecular formula is C11H30O4Si4. The van der Waals surface area contributed by atoms with E-state index in [2.05, 4.69) is 52.4 Å². The van der Waals surface area contributed by atoms with Crippen molar-refractivity contribution >= 4 is 33.8 Å². The van der Waals surface area contributed by atoms with Crippen LogP contribution in [-0.2, 0) is 17.1 Å². The molecule has 2 radical (unpaired) electrons. The maximum Gasteiger partial charge on any atom is 0.342 e. The van der Waals surface area contributed by atoms with E-state index in [4.69, 9.17) is 24.2 Å². The molecule has 0 saturated carbocycles. The third kappa shape index (κ3) is 10.1. The Bertz CT molecular complexity index is 285. The van der Waals surface area contributed by atoms with Crippen LogP contribution in [0.1, 0.15) is 0 Å². The van der Waals surface area contributed by atoms with E-state index in [9.17, 15) is 0 Å². The number of hydrogen-bond acceptors (Lipinski definition) is 4. The Labute approximate surface area is 123 Å². The Morgan fingerprint density at radius 2 is 1.11 bits per heavy atom. The summed E-state index contributed by atoms with van der Waals surface area (Å²) in [6.45, 7) is 19.1. The lowest BCUT2D eigenvalue weighted by Gasteiger charge is -2.40. The van der Waals surface area contributed by atoms with Gasteiger partial charge in [0.25, 0.3) is 0 Å². The molecule has 1 unspecified atom stereocenters. The molecule has 0 spiro atoms. The van der Waals surface area contributed by atoms with E-state index in [-0.39, 0.29) is 0 Å². The zero-order valence-corrected chi connectivity index (χ0v) is 17.9. The van der Waals surface area contributed by atoms with E-state index in [1.807, 2.05) is 6.55 Å². The van der Waals surface area contributed by atoms with Crippen molar-refractivity contribution in [2.45, 2.75) is 58.9 Å². The molecule has 0 aromatic heterocycles. The van der Waals surface area contributed by atoms with Gasteiger partial charge in [0, 0.05) is 0 Å². The highest BCUT2D eigenvalue weighted by Crippen LogP contribution is 2.24. The summed E-state index contributed by atoms with van der Waals surface area (Å²) in [6.07, 6.45) is 0.336. The van der Waals surface area contributed by atoms with Crippen LogP contribution in [0.5, 0.6) is 0 Å². The molecule has 0 aromatic carbocycles. The smallest absolute Gasteiger partial charge is 0.342 e. The third-order valence-corrected chi connectivity index (χ3v) is 14.9. The van der Waals surface area contributed by atoms with Crippen LogP contribution >= 0.6 is 0 Å². The van der Waals surface area contributed by atoms with Crippen LogP contribution in [-0.4, -0.2) is 40.0 Å². The molecular weight excluding hydrogens is 308 g/mol. The fourth-order valence-corrected chi connectivity index (χ4v) is 19.3. The highest BCUT2D eigenvalue weighted by Gasteiger charge is 2.44. The molecule has 0 saturated heterocycles. The second kappa shape index (κ2) is 6.65. The SMILES string of the molecule is [CH]OC[Si](C)(O[Si](C)(C)C)O[Si](C)(C)O[Si](C)(C)C. The van der Waals surface area contributed by atoms with Gasteiger partial charge in [-0.1, -0.05) is 0 Å². The normalized spacial score (nSPS) is 17.4. The van der Waals surface area contributed by atoms with E-state index < -0.39 is 33.8 Å². The molecule has 0 aliphatic rings. The Morgan fingerprint density at radius 1 is 0.684 bits per heavy atom. The third-order valence-electron chi connectivity index (χ3n) is 1.88. The summed E-state index contributed by atoms with van der Waals surface area (Å²) in [7, 11) is -2.76. The van der Waals surface area contributed by atoms with Crippen molar-refractivity contribution in [1.29, 1.82) is 0 Å². The molecule has 0 amide bonds. The predicted molar refractivity (Wildman–Crippen MR) is 89.3 cm³/mol. The van der Waals surface area contributed by atoms with Gasteiger partial charge in [-0.25, -0.2) is 0 Å². The summed E-state index contributed by atoms with van der Waals surface area (Å²) >= 11 is 0. The van der Waals surface area contributed by atoms with E-state index in [0.717, 1.165) is 0 Å². The van der Waals surface area contributed by atoms with Crippen molar-refractivity contribution in [1.82, 2.24) is 0 Å². The standard InChI is InChI=1S/C11H30O4Si4/c1-12-11-19(10,14-17(5,6)7)15-18(8,9)13-16(2,3)4/h1H,11H2,2-10H3. The molecule has 0 rings (SSSR count). The van der Waals surface area contributed by atoms with Crippen molar-refractivity contribution in [3.05, 3.63) is 7.11 Å². The summed E-state index contributed by atoms with van der Waals surface area (Å²) in [4.78, 5) is 0. The van der Waals surface area contributed by atoms with Crippen molar-refractivity contribution in [2.24, 2.45) is 0 Å². The van der Waals surface area contributed by atoms with Gasteiger partial charge in [0.2, 0.25) is 0 Å². The van der Waals surface area contributed by atoms with Crippen molar-refractivity contribution in [2.75, 3.05) is 6.23 Å². The lowest BCUT2D eigenvalue weighted by molar-refractivity contribution is 0.231. The second-order valence-corrected chi connectivity index (χ2v) is 23.6. The van der Waals surface area contributed by atoms with Crippen LogP contribution in [0.2, 0.25) is 58.9 Å². The predicted octanol–water partition coefficient (Wildman–Crippen LogP) is 3.70. The summed E-state index contributed by atoms with van der Waals surface area (Å²) in [5.41, 5.74) is 0. The molecule has 0 heterocycles.